The summed E-state index contributed by atoms with van der Waals surface area (Å²) >= 11 is 0. The zero-order chi connectivity index (χ0) is 12.8. The Bertz CT molecular complexity index is 487. The fourth-order valence-electron chi connectivity index (χ4n) is 1.66. The molecule has 1 N–H and O–H groups in total. The van der Waals surface area contributed by atoms with Crippen molar-refractivity contribution >= 4 is 0 Å². The molecule has 1 unspecified atom stereocenters. The highest BCUT2D eigenvalue weighted by molar-refractivity contribution is 5.16. The fourth-order valence-corrected chi connectivity index (χ4v) is 1.66. The molecular weight excluding hydrogens is 226 g/mol. The molecule has 1 atom stereocenters. The standard InChI is InChI=1S/C14H17N3O/c1-11(13-7-3-4-9-15-13)16-10-12-6-5-8-14(17-12)18-2/h3-9,11,16H,10H2,1-2H3. The van der Waals surface area contributed by atoms with Crippen LogP contribution in [0.25, 0.3) is 0 Å². The average molecular weight is 243 g/mol. The topological polar surface area (TPSA) is 47.0 Å². The Morgan fingerprint density at radius 2 is 2.11 bits per heavy atom. The lowest BCUT2D eigenvalue weighted by atomic mass is 10.2. The van der Waals surface area contributed by atoms with E-state index in [0.717, 1.165) is 11.4 Å². The molecule has 4 nitrogen and oxygen atoms in total. The smallest absolute Gasteiger partial charge is 0.213 e. The summed E-state index contributed by atoms with van der Waals surface area (Å²) in [7, 11) is 1.62. The number of hydrogen-bond donors (Lipinski definition) is 1. The molecule has 18 heavy (non-hydrogen) atoms. The van der Waals surface area contributed by atoms with E-state index in [4.69, 9.17) is 4.74 Å². The van der Waals surface area contributed by atoms with Crippen LogP contribution in [-0.4, -0.2) is 17.1 Å². The van der Waals surface area contributed by atoms with E-state index in [1.807, 2.05) is 36.4 Å². The first-order valence-corrected chi connectivity index (χ1v) is 5.94. The number of aromatic nitrogens is 2. The SMILES string of the molecule is COc1cccc(CNC(C)c2ccccn2)n1. The molecule has 0 amide bonds. The summed E-state index contributed by atoms with van der Waals surface area (Å²) in [6, 6.07) is 11.9. The van der Waals surface area contributed by atoms with Gasteiger partial charge in [0.1, 0.15) is 0 Å². The molecule has 2 heterocycles. The lowest BCUT2D eigenvalue weighted by molar-refractivity contribution is 0.395. The van der Waals surface area contributed by atoms with Gasteiger partial charge in [-0.05, 0) is 25.1 Å². The second-order valence-electron chi connectivity index (χ2n) is 4.03. The van der Waals surface area contributed by atoms with E-state index < -0.39 is 0 Å². The first-order chi connectivity index (χ1) is 8.79. The Balaban J connectivity index is 1.95. The van der Waals surface area contributed by atoms with Crippen LogP contribution in [0, 0.1) is 0 Å². The maximum absolute atomic E-state index is 5.10. The van der Waals surface area contributed by atoms with Gasteiger partial charge in [0.05, 0.1) is 18.5 Å². The molecule has 0 radical (unpaired) electrons. The van der Waals surface area contributed by atoms with E-state index in [2.05, 4.69) is 22.2 Å². The number of rotatable bonds is 5. The molecule has 0 fully saturated rings. The molecule has 4 heteroatoms. The van der Waals surface area contributed by atoms with Crippen molar-refractivity contribution in [2.24, 2.45) is 0 Å². The Kier molecular flexibility index (Phi) is 4.25. The highest BCUT2D eigenvalue weighted by Gasteiger charge is 2.06. The van der Waals surface area contributed by atoms with Crippen LogP contribution in [-0.2, 0) is 6.54 Å². The number of methoxy groups -OCH3 is 1. The van der Waals surface area contributed by atoms with Crippen molar-refractivity contribution in [2.75, 3.05) is 7.11 Å². The summed E-state index contributed by atoms with van der Waals surface area (Å²) in [6.07, 6.45) is 1.80. The summed E-state index contributed by atoms with van der Waals surface area (Å²) in [5.74, 6) is 0.639. The van der Waals surface area contributed by atoms with Crippen LogP contribution < -0.4 is 10.1 Å². The average Bonchev–Trinajstić information content (AvgIpc) is 2.46. The zero-order valence-electron chi connectivity index (χ0n) is 10.6. The van der Waals surface area contributed by atoms with Gasteiger partial charge in [-0.25, -0.2) is 4.98 Å². The van der Waals surface area contributed by atoms with Crippen molar-refractivity contribution in [3.63, 3.8) is 0 Å². The van der Waals surface area contributed by atoms with Gasteiger partial charge in [-0.2, -0.15) is 0 Å². The molecule has 0 saturated heterocycles. The number of hydrogen-bond acceptors (Lipinski definition) is 4. The minimum Gasteiger partial charge on any atom is -0.481 e. The molecule has 2 rings (SSSR count). The molecule has 0 saturated carbocycles. The Morgan fingerprint density at radius 1 is 1.22 bits per heavy atom. The molecule has 0 aliphatic rings. The largest absolute Gasteiger partial charge is 0.481 e. The van der Waals surface area contributed by atoms with Crippen LogP contribution in [0.3, 0.4) is 0 Å². The maximum Gasteiger partial charge on any atom is 0.213 e. The maximum atomic E-state index is 5.10. The fraction of sp³-hybridized carbons (Fsp3) is 0.286. The predicted molar refractivity (Wildman–Crippen MR) is 70.3 cm³/mol. The van der Waals surface area contributed by atoms with Crippen molar-refractivity contribution in [3.8, 4) is 5.88 Å². The minimum atomic E-state index is 0.194. The summed E-state index contributed by atoms with van der Waals surface area (Å²) < 4.78 is 5.10. The van der Waals surface area contributed by atoms with Gasteiger partial charge < -0.3 is 10.1 Å². The van der Waals surface area contributed by atoms with E-state index in [9.17, 15) is 0 Å². The quantitative estimate of drug-likeness (QED) is 0.875. The Labute approximate surface area is 107 Å². The van der Waals surface area contributed by atoms with Gasteiger partial charge in [0.15, 0.2) is 0 Å². The van der Waals surface area contributed by atoms with Gasteiger partial charge >= 0.3 is 0 Å². The molecule has 0 aliphatic heterocycles. The normalized spacial score (nSPS) is 12.1. The molecule has 0 aliphatic carbocycles. The second-order valence-corrected chi connectivity index (χ2v) is 4.03. The number of nitrogens with zero attached hydrogens (tertiary/aromatic N) is 2. The first kappa shape index (κ1) is 12.5. The van der Waals surface area contributed by atoms with Gasteiger partial charge in [-0.1, -0.05) is 12.1 Å². The van der Waals surface area contributed by atoms with Crippen LogP contribution in [0.5, 0.6) is 5.88 Å². The Hall–Kier alpha value is -1.94. The minimum absolute atomic E-state index is 0.194. The third-order valence-corrected chi connectivity index (χ3v) is 2.71. The zero-order valence-corrected chi connectivity index (χ0v) is 10.6. The van der Waals surface area contributed by atoms with E-state index in [-0.39, 0.29) is 6.04 Å². The van der Waals surface area contributed by atoms with Crippen LogP contribution >= 0.6 is 0 Å². The summed E-state index contributed by atoms with van der Waals surface area (Å²) in [5, 5.41) is 3.39. The third-order valence-electron chi connectivity index (χ3n) is 2.71. The van der Waals surface area contributed by atoms with Crippen molar-refractivity contribution in [1.82, 2.24) is 15.3 Å². The second kappa shape index (κ2) is 6.12. The van der Waals surface area contributed by atoms with E-state index >= 15 is 0 Å². The number of nitrogens with one attached hydrogen (secondary N) is 1. The monoisotopic (exact) mass is 243 g/mol. The Morgan fingerprint density at radius 3 is 2.83 bits per heavy atom. The summed E-state index contributed by atoms with van der Waals surface area (Å²) in [6.45, 7) is 2.78. The van der Waals surface area contributed by atoms with Gasteiger partial charge in [0.25, 0.3) is 0 Å². The summed E-state index contributed by atoms with van der Waals surface area (Å²) in [4.78, 5) is 8.67. The predicted octanol–water partition coefficient (Wildman–Crippen LogP) is 2.34. The van der Waals surface area contributed by atoms with Crippen LogP contribution in [0.4, 0.5) is 0 Å². The molecule has 0 aromatic carbocycles. The third kappa shape index (κ3) is 3.28. The lowest BCUT2D eigenvalue weighted by Gasteiger charge is -2.13. The molecule has 2 aromatic rings. The van der Waals surface area contributed by atoms with Crippen molar-refractivity contribution < 1.29 is 4.74 Å². The van der Waals surface area contributed by atoms with E-state index in [1.54, 1.807) is 13.3 Å². The molecule has 2 aromatic heterocycles. The lowest BCUT2D eigenvalue weighted by Crippen LogP contribution is -2.19. The van der Waals surface area contributed by atoms with Crippen LogP contribution in [0.2, 0.25) is 0 Å². The highest BCUT2D eigenvalue weighted by Crippen LogP contribution is 2.10. The number of pyridine rings is 2. The van der Waals surface area contributed by atoms with Gasteiger partial charge in [0.2, 0.25) is 5.88 Å². The van der Waals surface area contributed by atoms with E-state index in [1.165, 1.54) is 0 Å². The molecule has 0 bridgehead atoms. The van der Waals surface area contributed by atoms with Crippen molar-refractivity contribution in [2.45, 2.75) is 19.5 Å². The van der Waals surface area contributed by atoms with Crippen molar-refractivity contribution in [1.29, 1.82) is 0 Å². The molecular formula is C14H17N3O. The van der Waals surface area contributed by atoms with Gasteiger partial charge in [-0.3, -0.25) is 4.98 Å². The summed E-state index contributed by atoms with van der Waals surface area (Å²) in [5.41, 5.74) is 1.98. The first-order valence-electron chi connectivity index (χ1n) is 5.94. The van der Waals surface area contributed by atoms with Crippen LogP contribution in [0.15, 0.2) is 42.6 Å². The van der Waals surface area contributed by atoms with Crippen molar-refractivity contribution in [3.05, 3.63) is 54.0 Å². The van der Waals surface area contributed by atoms with Crippen LogP contribution in [0.1, 0.15) is 24.4 Å². The number of ether oxygens (including phenoxy) is 1. The highest BCUT2D eigenvalue weighted by atomic mass is 16.5. The molecule has 0 spiro atoms. The molecule has 94 valence electrons. The van der Waals surface area contributed by atoms with E-state index in [0.29, 0.717) is 12.4 Å². The van der Waals surface area contributed by atoms with Gasteiger partial charge in [0, 0.05) is 24.8 Å². The van der Waals surface area contributed by atoms with Gasteiger partial charge in [-0.15, -0.1) is 0 Å².